The smallest absolute Gasteiger partial charge is 0.258 e. The number of ether oxygens (including phenoxy) is 1. The Morgan fingerprint density at radius 3 is 2.52 bits per heavy atom. The van der Waals surface area contributed by atoms with Gasteiger partial charge in [-0.15, -0.1) is 10.2 Å². The van der Waals surface area contributed by atoms with Crippen molar-refractivity contribution in [2.45, 2.75) is 6.92 Å². The third-order valence-electron chi connectivity index (χ3n) is 4.63. The SMILES string of the molecule is COc1ccc(Cl)cc1NC(=O)c1c(-c2ccc(C)cc2)nnc2ccccc12. The van der Waals surface area contributed by atoms with Gasteiger partial charge >= 0.3 is 0 Å². The molecule has 0 unspecified atom stereocenters. The average molecular weight is 404 g/mol. The molecule has 0 saturated carbocycles. The summed E-state index contributed by atoms with van der Waals surface area (Å²) in [5, 5.41) is 12.8. The van der Waals surface area contributed by atoms with Crippen LogP contribution >= 0.6 is 11.6 Å². The van der Waals surface area contributed by atoms with E-state index in [1.165, 1.54) is 0 Å². The molecule has 1 amide bonds. The number of halogens is 1. The summed E-state index contributed by atoms with van der Waals surface area (Å²) in [6.45, 7) is 2.01. The molecular weight excluding hydrogens is 386 g/mol. The highest BCUT2D eigenvalue weighted by Crippen LogP contribution is 2.31. The molecular formula is C23H18ClN3O2. The van der Waals surface area contributed by atoms with E-state index in [9.17, 15) is 4.79 Å². The van der Waals surface area contributed by atoms with E-state index in [1.54, 1.807) is 25.3 Å². The summed E-state index contributed by atoms with van der Waals surface area (Å²) in [7, 11) is 1.54. The lowest BCUT2D eigenvalue weighted by Gasteiger charge is -2.14. The van der Waals surface area contributed by atoms with Gasteiger partial charge in [-0.05, 0) is 31.2 Å². The molecule has 5 nitrogen and oxygen atoms in total. The fourth-order valence-corrected chi connectivity index (χ4v) is 3.33. The number of hydrogen-bond acceptors (Lipinski definition) is 4. The summed E-state index contributed by atoms with van der Waals surface area (Å²) in [6.07, 6.45) is 0. The van der Waals surface area contributed by atoms with Crippen LogP contribution in [0.5, 0.6) is 5.75 Å². The largest absolute Gasteiger partial charge is 0.495 e. The van der Waals surface area contributed by atoms with Crippen molar-refractivity contribution in [2.75, 3.05) is 12.4 Å². The van der Waals surface area contributed by atoms with E-state index in [4.69, 9.17) is 16.3 Å². The molecule has 4 rings (SSSR count). The van der Waals surface area contributed by atoms with Crippen molar-refractivity contribution >= 4 is 34.1 Å². The van der Waals surface area contributed by atoms with Gasteiger partial charge in [-0.1, -0.05) is 59.6 Å². The Kier molecular flexibility index (Phi) is 5.14. The minimum Gasteiger partial charge on any atom is -0.495 e. The molecule has 0 spiro atoms. The summed E-state index contributed by atoms with van der Waals surface area (Å²) < 4.78 is 5.35. The molecule has 0 aliphatic carbocycles. The van der Waals surface area contributed by atoms with Gasteiger partial charge in [0.25, 0.3) is 5.91 Å². The van der Waals surface area contributed by atoms with Crippen LogP contribution in [-0.2, 0) is 0 Å². The number of aromatic nitrogens is 2. The number of carbonyl (C=O) groups is 1. The molecule has 0 atom stereocenters. The predicted molar refractivity (Wildman–Crippen MR) is 116 cm³/mol. The summed E-state index contributed by atoms with van der Waals surface area (Å²) in [4.78, 5) is 13.4. The number of rotatable bonds is 4. The standard InChI is InChI=1S/C23H18ClN3O2/c1-14-7-9-15(10-8-14)22-21(17-5-3-4-6-18(17)26-27-22)23(28)25-19-13-16(24)11-12-20(19)29-2/h3-13H,1-2H3,(H,25,28). The first-order valence-electron chi connectivity index (χ1n) is 9.04. The molecule has 1 N–H and O–H groups in total. The zero-order valence-electron chi connectivity index (χ0n) is 15.9. The fraction of sp³-hybridized carbons (Fsp3) is 0.0870. The summed E-state index contributed by atoms with van der Waals surface area (Å²) >= 11 is 6.11. The van der Waals surface area contributed by atoms with E-state index < -0.39 is 0 Å². The highest BCUT2D eigenvalue weighted by molar-refractivity contribution is 6.31. The first-order valence-corrected chi connectivity index (χ1v) is 9.42. The number of fused-ring (bicyclic) bond motifs is 1. The number of amides is 1. The van der Waals surface area contributed by atoms with E-state index in [2.05, 4.69) is 15.5 Å². The van der Waals surface area contributed by atoms with Crippen LogP contribution in [0.2, 0.25) is 5.02 Å². The Morgan fingerprint density at radius 2 is 1.76 bits per heavy atom. The monoisotopic (exact) mass is 403 g/mol. The Hall–Kier alpha value is -3.44. The number of hydrogen-bond donors (Lipinski definition) is 1. The minimum atomic E-state index is -0.313. The zero-order chi connectivity index (χ0) is 20.4. The molecule has 1 heterocycles. The molecule has 144 valence electrons. The normalized spacial score (nSPS) is 10.7. The van der Waals surface area contributed by atoms with Crippen molar-refractivity contribution in [2.24, 2.45) is 0 Å². The van der Waals surface area contributed by atoms with Gasteiger partial charge in [-0.3, -0.25) is 4.79 Å². The maximum atomic E-state index is 13.4. The molecule has 0 saturated heterocycles. The molecule has 29 heavy (non-hydrogen) atoms. The third-order valence-corrected chi connectivity index (χ3v) is 4.86. The lowest BCUT2D eigenvalue weighted by Crippen LogP contribution is -2.16. The molecule has 0 aliphatic heterocycles. The van der Waals surface area contributed by atoms with Crippen LogP contribution in [0, 0.1) is 6.92 Å². The van der Waals surface area contributed by atoms with E-state index in [-0.39, 0.29) is 5.91 Å². The van der Waals surface area contributed by atoms with E-state index >= 15 is 0 Å². The van der Waals surface area contributed by atoms with Crippen LogP contribution in [-0.4, -0.2) is 23.2 Å². The van der Waals surface area contributed by atoms with Gasteiger partial charge in [0.1, 0.15) is 11.4 Å². The van der Waals surface area contributed by atoms with Crippen LogP contribution in [0.15, 0.2) is 66.7 Å². The molecule has 0 fully saturated rings. The minimum absolute atomic E-state index is 0.313. The van der Waals surface area contributed by atoms with Gasteiger partial charge in [0.2, 0.25) is 0 Å². The number of aryl methyl sites for hydroxylation is 1. The number of anilines is 1. The van der Waals surface area contributed by atoms with Crippen molar-refractivity contribution in [1.29, 1.82) is 0 Å². The molecule has 0 aliphatic rings. The molecule has 4 aromatic rings. The van der Waals surface area contributed by atoms with Crippen molar-refractivity contribution < 1.29 is 9.53 Å². The lowest BCUT2D eigenvalue weighted by molar-refractivity contribution is 0.102. The first kappa shape index (κ1) is 18.9. The molecule has 0 bridgehead atoms. The summed E-state index contributed by atoms with van der Waals surface area (Å²) in [6, 6.07) is 20.3. The van der Waals surface area contributed by atoms with Crippen molar-refractivity contribution in [3.05, 3.63) is 82.9 Å². The lowest BCUT2D eigenvalue weighted by atomic mass is 10.0. The number of carbonyl (C=O) groups excluding carboxylic acids is 1. The number of nitrogens with zero attached hydrogens (tertiary/aromatic N) is 2. The van der Waals surface area contributed by atoms with Gasteiger partial charge in [0.15, 0.2) is 0 Å². The summed E-state index contributed by atoms with van der Waals surface area (Å²) in [5.41, 5.74) is 4.03. The Balaban J connectivity index is 1.87. The van der Waals surface area contributed by atoms with E-state index in [0.717, 1.165) is 16.5 Å². The van der Waals surface area contributed by atoms with Gasteiger partial charge in [0, 0.05) is 16.0 Å². The molecule has 1 aromatic heterocycles. The van der Waals surface area contributed by atoms with Gasteiger partial charge in [-0.25, -0.2) is 0 Å². The summed E-state index contributed by atoms with van der Waals surface area (Å²) in [5.74, 6) is 0.207. The van der Waals surface area contributed by atoms with Crippen LogP contribution in [0.1, 0.15) is 15.9 Å². The number of methoxy groups -OCH3 is 1. The van der Waals surface area contributed by atoms with Crippen molar-refractivity contribution in [1.82, 2.24) is 10.2 Å². The second-order valence-electron chi connectivity index (χ2n) is 6.61. The third kappa shape index (κ3) is 3.77. The predicted octanol–water partition coefficient (Wildman–Crippen LogP) is 5.52. The molecule has 6 heteroatoms. The van der Waals surface area contributed by atoms with Gasteiger partial charge < -0.3 is 10.1 Å². The topological polar surface area (TPSA) is 64.1 Å². The van der Waals surface area contributed by atoms with Crippen LogP contribution in [0.3, 0.4) is 0 Å². The maximum Gasteiger partial charge on any atom is 0.258 e. The molecule has 3 aromatic carbocycles. The molecule has 0 radical (unpaired) electrons. The first-order chi connectivity index (χ1) is 14.1. The second-order valence-corrected chi connectivity index (χ2v) is 7.04. The van der Waals surface area contributed by atoms with Gasteiger partial charge in [0.05, 0.1) is 23.9 Å². The van der Waals surface area contributed by atoms with Gasteiger partial charge in [-0.2, -0.15) is 0 Å². The van der Waals surface area contributed by atoms with E-state index in [1.807, 2.05) is 55.5 Å². The van der Waals surface area contributed by atoms with Crippen LogP contribution in [0.25, 0.3) is 22.2 Å². The van der Waals surface area contributed by atoms with Crippen LogP contribution < -0.4 is 10.1 Å². The fourth-order valence-electron chi connectivity index (χ4n) is 3.16. The van der Waals surface area contributed by atoms with Crippen molar-refractivity contribution in [3.8, 4) is 17.0 Å². The highest BCUT2D eigenvalue weighted by Gasteiger charge is 2.20. The van der Waals surface area contributed by atoms with Crippen LogP contribution in [0.4, 0.5) is 5.69 Å². The van der Waals surface area contributed by atoms with E-state index in [0.29, 0.717) is 33.2 Å². The Morgan fingerprint density at radius 1 is 1.00 bits per heavy atom. The number of benzene rings is 3. The second kappa shape index (κ2) is 7.89. The van der Waals surface area contributed by atoms with Crippen molar-refractivity contribution in [3.63, 3.8) is 0 Å². The highest BCUT2D eigenvalue weighted by atomic mass is 35.5. The maximum absolute atomic E-state index is 13.4. The number of nitrogens with one attached hydrogen (secondary N) is 1. The Labute approximate surface area is 173 Å². The average Bonchev–Trinajstić information content (AvgIpc) is 2.73. The zero-order valence-corrected chi connectivity index (χ0v) is 16.7. The Bertz CT molecular complexity index is 1210. The quantitative estimate of drug-likeness (QED) is 0.487.